The Balaban J connectivity index is 1.26. The van der Waals surface area contributed by atoms with Gasteiger partial charge < -0.3 is 25.0 Å². The minimum atomic E-state index is -1.15. The lowest BCUT2D eigenvalue weighted by Gasteiger charge is -2.35. The van der Waals surface area contributed by atoms with Crippen molar-refractivity contribution in [2.75, 3.05) is 26.2 Å². The predicted molar refractivity (Wildman–Crippen MR) is 114 cm³/mol. The van der Waals surface area contributed by atoms with E-state index in [1.54, 1.807) is 9.80 Å². The van der Waals surface area contributed by atoms with Gasteiger partial charge in [-0.15, -0.1) is 0 Å². The smallest absolute Gasteiger partial charge is 0.254 e. The number of hydrogen-bond acceptors (Lipinski definition) is 5. The van der Waals surface area contributed by atoms with Crippen molar-refractivity contribution in [3.63, 3.8) is 0 Å². The molecule has 1 aliphatic carbocycles. The van der Waals surface area contributed by atoms with Crippen LogP contribution in [0.4, 0.5) is 0 Å². The van der Waals surface area contributed by atoms with E-state index in [0.717, 1.165) is 22.2 Å². The van der Waals surface area contributed by atoms with Crippen molar-refractivity contribution in [2.24, 2.45) is 0 Å². The maximum Gasteiger partial charge on any atom is 0.254 e. The number of carbonyl (C=O) groups is 2. The van der Waals surface area contributed by atoms with Gasteiger partial charge in [0.2, 0.25) is 0 Å². The summed E-state index contributed by atoms with van der Waals surface area (Å²) >= 11 is 0. The van der Waals surface area contributed by atoms with Crippen LogP contribution in [-0.4, -0.2) is 73.6 Å². The van der Waals surface area contributed by atoms with E-state index < -0.39 is 5.60 Å². The molecule has 3 aromatic rings. The standard InChI is InChI=1S/C23H24N4O4/c28-14-20-24-18-6-5-17(13-19(18)25-20)15-1-3-16(4-2-15)21(29)26-9-11-27(12-10-26)22(30)23(31)7-8-23/h1-6,13,28,31H,7-12,14H2,(H,24,25). The maximum atomic E-state index is 12.9. The zero-order chi connectivity index (χ0) is 21.6. The first-order chi connectivity index (χ1) is 15.0. The molecule has 2 aliphatic rings. The minimum absolute atomic E-state index is 0.0552. The van der Waals surface area contributed by atoms with Crippen LogP contribution in [-0.2, 0) is 11.4 Å². The number of hydrogen-bond donors (Lipinski definition) is 3. The Hall–Kier alpha value is -3.23. The van der Waals surface area contributed by atoms with Crippen LogP contribution in [0.1, 0.15) is 29.0 Å². The van der Waals surface area contributed by atoms with Crippen molar-refractivity contribution in [2.45, 2.75) is 25.0 Å². The minimum Gasteiger partial charge on any atom is -0.388 e. The molecular weight excluding hydrogens is 396 g/mol. The summed E-state index contributed by atoms with van der Waals surface area (Å²) in [5.74, 6) is 0.269. The van der Waals surface area contributed by atoms with Gasteiger partial charge in [0.25, 0.3) is 11.8 Å². The van der Waals surface area contributed by atoms with Gasteiger partial charge in [0.05, 0.1) is 11.0 Å². The van der Waals surface area contributed by atoms with Crippen LogP contribution in [0.5, 0.6) is 0 Å². The van der Waals surface area contributed by atoms with Crippen LogP contribution in [0.3, 0.4) is 0 Å². The highest BCUT2D eigenvalue weighted by atomic mass is 16.3. The number of aromatic nitrogens is 2. The lowest BCUT2D eigenvalue weighted by atomic mass is 10.0. The number of rotatable bonds is 4. The highest BCUT2D eigenvalue weighted by molar-refractivity contribution is 5.95. The number of carbonyl (C=O) groups excluding carboxylic acids is 2. The van der Waals surface area contributed by atoms with Gasteiger partial charge >= 0.3 is 0 Å². The number of aliphatic hydroxyl groups is 2. The van der Waals surface area contributed by atoms with E-state index in [2.05, 4.69) is 9.97 Å². The van der Waals surface area contributed by atoms with Gasteiger partial charge in [-0.25, -0.2) is 4.98 Å². The molecule has 0 spiro atoms. The Morgan fingerprint density at radius 3 is 2.26 bits per heavy atom. The molecule has 31 heavy (non-hydrogen) atoms. The molecule has 0 bridgehead atoms. The third-order valence-corrected chi connectivity index (χ3v) is 6.12. The van der Waals surface area contributed by atoms with Crippen LogP contribution < -0.4 is 0 Å². The van der Waals surface area contributed by atoms with Crippen LogP contribution in [0.15, 0.2) is 42.5 Å². The first-order valence-corrected chi connectivity index (χ1v) is 10.5. The molecule has 3 N–H and O–H groups in total. The molecule has 1 saturated heterocycles. The Morgan fingerprint density at radius 1 is 0.968 bits per heavy atom. The zero-order valence-corrected chi connectivity index (χ0v) is 17.0. The van der Waals surface area contributed by atoms with Crippen molar-refractivity contribution < 1.29 is 19.8 Å². The summed E-state index contributed by atoms with van der Waals surface area (Å²) in [5.41, 5.74) is 3.07. The number of fused-ring (bicyclic) bond motifs is 1. The van der Waals surface area contributed by atoms with Crippen molar-refractivity contribution in [3.05, 3.63) is 53.9 Å². The van der Waals surface area contributed by atoms with E-state index in [9.17, 15) is 19.8 Å². The normalized spacial score (nSPS) is 17.7. The van der Waals surface area contributed by atoms with Gasteiger partial charge in [-0.05, 0) is 48.2 Å². The van der Waals surface area contributed by atoms with Gasteiger partial charge in [0.1, 0.15) is 18.0 Å². The lowest BCUT2D eigenvalue weighted by Crippen LogP contribution is -2.53. The number of amides is 2. The quantitative estimate of drug-likeness (QED) is 0.593. The van der Waals surface area contributed by atoms with E-state index in [0.29, 0.717) is 50.4 Å². The van der Waals surface area contributed by atoms with Gasteiger partial charge in [0.15, 0.2) is 0 Å². The molecule has 1 saturated carbocycles. The first kappa shape index (κ1) is 19.7. The van der Waals surface area contributed by atoms with E-state index in [1.165, 1.54) is 0 Å². The molecule has 0 unspecified atom stereocenters. The number of aromatic amines is 1. The monoisotopic (exact) mass is 420 g/mol. The number of nitrogens with zero attached hydrogens (tertiary/aromatic N) is 3. The molecule has 2 heterocycles. The molecule has 0 radical (unpaired) electrons. The van der Waals surface area contributed by atoms with Crippen LogP contribution in [0.25, 0.3) is 22.2 Å². The summed E-state index contributed by atoms with van der Waals surface area (Å²) in [5, 5.41) is 19.2. The van der Waals surface area contributed by atoms with E-state index in [1.807, 2.05) is 42.5 Å². The molecule has 2 fully saturated rings. The second kappa shape index (κ2) is 7.47. The zero-order valence-electron chi connectivity index (χ0n) is 17.0. The second-order valence-corrected chi connectivity index (χ2v) is 8.27. The topological polar surface area (TPSA) is 110 Å². The number of benzene rings is 2. The Bertz CT molecular complexity index is 1140. The fourth-order valence-electron chi connectivity index (χ4n) is 4.04. The summed E-state index contributed by atoms with van der Waals surface area (Å²) in [6.07, 6.45) is 1.07. The SMILES string of the molecule is O=C(c1ccc(-c2ccc3nc(CO)[nH]c3c2)cc1)N1CCN(C(=O)C2(O)CC2)CC1. The Kier molecular flexibility index (Phi) is 4.75. The van der Waals surface area contributed by atoms with Gasteiger partial charge in [0, 0.05) is 31.7 Å². The Labute approximate surface area is 179 Å². The summed E-state index contributed by atoms with van der Waals surface area (Å²) in [7, 11) is 0. The highest BCUT2D eigenvalue weighted by Crippen LogP contribution is 2.37. The molecule has 0 atom stereocenters. The number of H-pyrrole nitrogens is 1. The van der Waals surface area contributed by atoms with E-state index in [-0.39, 0.29) is 18.4 Å². The summed E-state index contributed by atoms with van der Waals surface area (Å²) in [4.78, 5) is 35.9. The van der Waals surface area contributed by atoms with Crippen molar-refractivity contribution in [1.29, 1.82) is 0 Å². The number of piperazine rings is 1. The lowest BCUT2D eigenvalue weighted by molar-refractivity contribution is -0.143. The molecule has 1 aromatic heterocycles. The fraction of sp³-hybridized carbons (Fsp3) is 0.348. The van der Waals surface area contributed by atoms with Crippen LogP contribution in [0, 0.1) is 0 Å². The Morgan fingerprint density at radius 2 is 1.61 bits per heavy atom. The van der Waals surface area contributed by atoms with Gasteiger partial charge in [-0.1, -0.05) is 18.2 Å². The van der Waals surface area contributed by atoms with Gasteiger partial charge in [-0.3, -0.25) is 9.59 Å². The largest absolute Gasteiger partial charge is 0.388 e. The molecule has 8 heteroatoms. The average molecular weight is 420 g/mol. The maximum absolute atomic E-state index is 12.9. The van der Waals surface area contributed by atoms with Crippen molar-refractivity contribution >= 4 is 22.8 Å². The van der Waals surface area contributed by atoms with Gasteiger partial charge in [-0.2, -0.15) is 0 Å². The summed E-state index contributed by atoms with van der Waals surface area (Å²) in [6.45, 7) is 1.69. The molecule has 160 valence electrons. The first-order valence-electron chi connectivity index (χ1n) is 10.5. The van der Waals surface area contributed by atoms with Crippen molar-refractivity contribution in [3.8, 4) is 11.1 Å². The summed E-state index contributed by atoms with van der Waals surface area (Å²) < 4.78 is 0. The fourth-order valence-corrected chi connectivity index (χ4v) is 4.04. The molecule has 2 amide bonds. The number of aliphatic hydroxyl groups excluding tert-OH is 1. The number of imidazole rings is 1. The summed E-state index contributed by atoms with van der Waals surface area (Å²) in [6, 6.07) is 13.3. The van der Waals surface area contributed by atoms with Crippen molar-refractivity contribution in [1.82, 2.24) is 19.8 Å². The molecule has 1 aliphatic heterocycles. The van der Waals surface area contributed by atoms with E-state index >= 15 is 0 Å². The third kappa shape index (κ3) is 3.68. The molecule has 5 rings (SSSR count). The second-order valence-electron chi connectivity index (χ2n) is 8.27. The predicted octanol–water partition coefficient (Wildman–Crippen LogP) is 1.53. The number of nitrogens with one attached hydrogen (secondary N) is 1. The highest BCUT2D eigenvalue weighted by Gasteiger charge is 2.50. The van der Waals surface area contributed by atoms with Crippen LogP contribution in [0.2, 0.25) is 0 Å². The molecule has 8 nitrogen and oxygen atoms in total. The average Bonchev–Trinajstić information content (AvgIpc) is 3.43. The molecular formula is C23H24N4O4. The third-order valence-electron chi connectivity index (χ3n) is 6.12. The van der Waals surface area contributed by atoms with Crippen LogP contribution >= 0.6 is 0 Å². The van der Waals surface area contributed by atoms with E-state index in [4.69, 9.17) is 0 Å². The molecule has 2 aromatic carbocycles.